The molecule has 1 heterocycles. The summed E-state index contributed by atoms with van der Waals surface area (Å²) in [6.45, 7) is 9.76. The van der Waals surface area contributed by atoms with Gasteiger partial charge < -0.3 is 15.0 Å². The van der Waals surface area contributed by atoms with Gasteiger partial charge in [-0.05, 0) is 75.1 Å². The number of ether oxygens (including phenoxy) is 1. The molecule has 2 atom stereocenters. The van der Waals surface area contributed by atoms with Crippen molar-refractivity contribution in [2.45, 2.75) is 58.3 Å². The topological polar surface area (TPSA) is 108 Å². The van der Waals surface area contributed by atoms with Crippen molar-refractivity contribution < 1.29 is 22.7 Å². The Hall–Kier alpha value is -3.73. The van der Waals surface area contributed by atoms with Crippen LogP contribution in [0.1, 0.15) is 56.5 Å². The predicted octanol–water partition coefficient (Wildman–Crippen LogP) is 4.43. The van der Waals surface area contributed by atoms with Crippen LogP contribution in [0.25, 0.3) is 0 Å². The summed E-state index contributed by atoms with van der Waals surface area (Å²) in [5.41, 5.74) is 2.09. The highest BCUT2D eigenvalue weighted by molar-refractivity contribution is 7.88. The Morgan fingerprint density at radius 2 is 1.56 bits per heavy atom. The molecular weight excluding hydrogens is 564 g/mol. The van der Waals surface area contributed by atoms with E-state index < -0.39 is 28.0 Å². The molecule has 0 bridgehead atoms. The van der Waals surface area contributed by atoms with E-state index in [1.165, 1.54) is 4.90 Å². The summed E-state index contributed by atoms with van der Waals surface area (Å²) in [5.74, 6) is 0.527. The van der Waals surface area contributed by atoms with E-state index in [1.807, 2.05) is 42.5 Å². The Kier molecular flexibility index (Phi) is 10.6. The van der Waals surface area contributed by atoms with Gasteiger partial charge in [0.15, 0.2) is 0 Å². The Morgan fingerprint density at radius 3 is 2.16 bits per heavy atom. The van der Waals surface area contributed by atoms with E-state index in [4.69, 9.17) is 4.74 Å². The zero-order valence-electron chi connectivity index (χ0n) is 25.5. The van der Waals surface area contributed by atoms with Gasteiger partial charge in [-0.1, -0.05) is 54.6 Å². The fourth-order valence-corrected chi connectivity index (χ4v) is 6.28. The van der Waals surface area contributed by atoms with Crippen LogP contribution in [-0.2, 0) is 26.0 Å². The first kappa shape index (κ1) is 32.2. The minimum Gasteiger partial charge on any atom is -0.457 e. The number of nitrogens with one attached hydrogen (secondary N) is 2. The van der Waals surface area contributed by atoms with E-state index in [9.17, 15) is 18.0 Å². The maximum atomic E-state index is 14.2. The van der Waals surface area contributed by atoms with Crippen LogP contribution in [0.3, 0.4) is 0 Å². The van der Waals surface area contributed by atoms with E-state index >= 15 is 0 Å². The zero-order chi connectivity index (χ0) is 31.1. The third kappa shape index (κ3) is 8.43. The molecule has 2 unspecified atom stereocenters. The second-order valence-electron chi connectivity index (χ2n) is 11.4. The fourth-order valence-electron chi connectivity index (χ4n) is 5.62. The molecule has 43 heavy (non-hydrogen) atoms. The van der Waals surface area contributed by atoms with Crippen molar-refractivity contribution in [3.63, 3.8) is 0 Å². The Balaban J connectivity index is 1.66. The molecule has 0 aliphatic carbocycles. The molecule has 1 aliphatic rings. The average molecular weight is 607 g/mol. The molecule has 2 amide bonds. The molecular formula is C33H42N4O5S. The van der Waals surface area contributed by atoms with Gasteiger partial charge >= 0.3 is 0 Å². The lowest BCUT2D eigenvalue weighted by Gasteiger charge is -2.38. The summed E-state index contributed by atoms with van der Waals surface area (Å²) in [7, 11) is -3.75. The van der Waals surface area contributed by atoms with Gasteiger partial charge in [0.2, 0.25) is 21.8 Å². The normalized spacial score (nSPS) is 15.8. The number of hydrogen-bond acceptors (Lipinski definition) is 6. The Morgan fingerprint density at radius 1 is 0.930 bits per heavy atom. The standard InChI is InChI=1S/C33H42N4O5S/c1-23(2)36(24(3)4)21-19-34-32(38)31-29-17-16-28(42-27-14-10-7-11-15-27)22-26(29)18-20-37(31)33(39)30(35-43(5,40)41)25-12-8-6-9-13-25/h6-17,22-24,30-31,35H,18-21H2,1-5H3,(H,34,38). The highest BCUT2D eigenvalue weighted by Crippen LogP contribution is 2.35. The second-order valence-corrected chi connectivity index (χ2v) is 13.2. The number of nitrogens with zero attached hydrogens (tertiary/aromatic N) is 2. The van der Waals surface area contributed by atoms with Crippen LogP contribution in [0.15, 0.2) is 78.9 Å². The number of carbonyl (C=O) groups is 2. The van der Waals surface area contributed by atoms with Gasteiger partial charge in [0.1, 0.15) is 23.6 Å². The molecule has 0 saturated heterocycles. The molecule has 1 aliphatic heterocycles. The molecule has 0 spiro atoms. The molecule has 9 nitrogen and oxygen atoms in total. The quantitative estimate of drug-likeness (QED) is 0.316. The summed E-state index contributed by atoms with van der Waals surface area (Å²) in [4.78, 5) is 31.9. The molecule has 0 saturated carbocycles. The number of carbonyl (C=O) groups excluding carboxylic acids is 2. The fraction of sp³-hybridized carbons (Fsp3) is 0.394. The van der Waals surface area contributed by atoms with Gasteiger partial charge in [-0.3, -0.25) is 14.5 Å². The molecule has 230 valence electrons. The molecule has 0 radical (unpaired) electrons. The van der Waals surface area contributed by atoms with Crippen LogP contribution in [-0.4, -0.2) is 68.0 Å². The molecule has 0 fully saturated rings. The molecule has 10 heteroatoms. The van der Waals surface area contributed by atoms with Gasteiger partial charge in [-0.2, -0.15) is 4.72 Å². The van der Waals surface area contributed by atoms with Crippen molar-refractivity contribution in [2.24, 2.45) is 0 Å². The van der Waals surface area contributed by atoms with Crippen LogP contribution in [0, 0.1) is 0 Å². The van der Waals surface area contributed by atoms with E-state index in [2.05, 4.69) is 42.6 Å². The number of amides is 2. The number of benzene rings is 3. The lowest BCUT2D eigenvalue weighted by Crippen LogP contribution is -2.52. The van der Waals surface area contributed by atoms with Crippen LogP contribution < -0.4 is 14.8 Å². The zero-order valence-corrected chi connectivity index (χ0v) is 26.3. The molecule has 2 N–H and O–H groups in total. The van der Waals surface area contributed by atoms with Gasteiger partial charge in [-0.15, -0.1) is 0 Å². The summed E-state index contributed by atoms with van der Waals surface area (Å²) in [6, 6.07) is 22.2. The van der Waals surface area contributed by atoms with Crippen molar-refractivity contribution in [2.75, 3.05) is 25.9 Å². The number of sulfonamides is 1. The summed E-state index contributed by atoms with van der Waals surface area (Å²) in [6.07, 6.45) is 1.50. The van der Waals surface area contributed by atoms with Gasteiger partial charge in [0, 0.05) is 31.7 Å². The minimum atomic E-state index is -3.75. The van der Waals surface area contributed by atoms with Gasteiger partial charge in [0.25, 0.3) is 0 Å². The highest BCUT2D eigenvalue weighted by Gasteiger charge is 2.40. The minimum absolute atomic E-state index is 0.234. The van der Waals surface area contributed by atoms with E-state index in [0.717, 1.165) is 11.8 Å². The monoisotopic (exact) mass is 606 g/mol. The second kappa shape index (κ2) is 14.2. The first-order valence-corrected chi connectivity index (χ1v) is 16.6. The lowest BCUT2D eigenvalue weighted by atomic mass is 9.90. The van der Waals surface area contributed by atoms with E-state index in [-0.39, 0.29) is 12.5 Å². The van der Waals surface area contributed by atoms with Crippen molar-refractivity contribution in [1.82, 2.24) is 19.8 Å². The van der Waals surface area contributed by atoms with Crippen molar-refractivity contribution >= 4 is 21.8 Å². The van der Waals surface area contributed by atoms with Gasteiger partial charge in [0.05, 0.1) is 6.26 Å². The molecule has 0 aromatic heterocycles. The van der Waals surface area contributed by atoms with Crippen LogP contribution in [0.4, 0.5) is 0 Å². The highest BCUT2D eigenvalue weighted by atomic mass is 32.2. The number of rotatable bonds is 12. The molecule has 4 rings (SSSR count). The van der Waals surface area contributed by atoms with Crippen LogP contribution in [0.5, 0.6) is 11.5 Å². The van der Waals surface area contributed by atoms with Gasteiger partial charge in [-0.25, -0.2) is 8.42 Å². The average Bonchev–Trinajstić information content (AvgIpc) is 2.97. The molecule has 3 aromatic rings. The number of hydrogen-bond donors (Lipinski definition) is 2. The third-order valence-corrected chi connectivity index (χ3v) is 8.22. The summed E-state index contributed by atoms with van der Waals surface area (Å²) >= 11 is 0. The first-order chi connectivity index (χ1) is 20.4. The Bertz CT molecular complexity index is 1490. The van der Waals surface area contributed by atoms with Crippen molar-refractivity contribution in [3.8, 4) is 11.5 Å². The lowest BCUT2D eigenvalue weighted by molar-refractivity contribution is -0.142. The van der Waals surface area contributed by atoms with Crippen molar-refractivity contribution in [3.05, 3.63) is 95.6 Å². The predicted molar refractivity (Wildman–Crippen MR) is 168 cm³/mol. The summed E-state index contributed by atoms with van der Waals surface area (Å²) in [5, 5.41) is 3.06. The molecule has 3 aromatic carbocycles. The van der Waals surface area contributed by atoms with E-state index in [0.29, 0.717) is 54.2 Å². The van der Waals surface area contributed by atoms with Crippen LogP contribution >= 0.6 is 0 Å². The van der Waals surface area contributed by atoms with Crippen molar-refractivity contribution in [1.29, 1.82) is 0 Å². The maximum absolute atomic E-state index is 14.2. The van der Waals surface area contributed by atoms with E-state index in [1.54, 1.807) is 36.4 Å². The first-order valence-electron chi connectivity index (χ1n) is 14.7. The number of para-hydroxylation sites is 1. The third-order valence-electron chi connectivity index (χ3n) is 7.56. The smallest absolute Gasteiger partial charge is 0.247 e. The largest absolute Gasteiger partial charge is 0.457 e. The van der Waals surface area contributed by atoms with Crippen LogP contribution in [0.2, 0.25) is 0 Å². The number of fused-ring (bicyclic) bond motifs is 1. The Labute approximate surface area is 255 Å². The maximum Gasteiger partial charge on any atom is 0.247 e. The summed E-state index contributed by atoms with van der Waals surface area (Å²) < 4.78 is 33.2. The SMILES string of the molecule is CC(C)N(CCNC(=O)C1c2ccc(Oc3ccccc3)cc2CCN1C(=O)C(NS(C)(=O)=O)c1ccccc1)C(C)C.